The first-order valence-corrected chi connectivity index (χ1v) is 4.09. The topological polar surface area (TPSA) is 3.24 Å². The second-order valence-corrected chi connectivity index (χ2v) is 2.62. The summed E-state index contributed by atoms with van der Waals surface area (Å²) in [5.41, 5.74) is 7.18. The van der Waals surface area contributed by atoms with Crippen LogP contribution in [-0.4, -0.2) is 18.0 Å². The Kier molecular flexibility index (Phi) is 5.37. The van der Waals surface area contributed by atoms with Gasteiger partial charge < -0.3 is 4.90 Å². The monoisotopic (exact) mass is 151 g/mol. The lowest BCUT2D eigenvalue weighted by Gasteiger charge is -2.12. The van der Waals surface area contributed by atoms with E-state index in [9.17, 15) is 0 Å². The summed E-state index contributed by atoms with van der Waals surface area (Å²) in [5, 5.41) is 0. The Morgan fingerprint density at radius 3 is 2.18 bits per heavy atom. The first-order chi connectivity index (χ1) is 5.20. The highest BCUT2D eigenvalue weighted by molar-refractivity contribution is 4.94. The van der Waals surface area contributed by atoms with Crippen molar-refractivity contribution in [3.8, 4) is 0 Å². The lowest BCUT2D eigenvalue weighted by molar-refractivity contribution is 0.419. The quantitative estimate of drug-likeness (QED) is 0.560. The fourth-order valence-electron chi connectivity index (χ4n) is 0.674. The highest BCUT2D eigenvalue weighted by Crippen LogP contribution is 1.86. The molecule has 0 N–H and O–H groups in total. The summed E-state index contributed by atoms with van der Waals surface area (Å²) >= 11 is 0. The van der Waals surface area contributed by atoms with Gasteiger partial charge in [-0.25, -0.2) is 0 Å². The van der Waals surface area contributed by atoms with E-state index in [-0.39, 0.29) is 0 Å². The van der Waals surface area contributed by atoms with Gasteiger partial charge in [-0.1, -0.05) is 11.5 Å². The molecule has 0 atom stereocenters. The van der Waals surface area contributed by atoms with Gasteiger partial charge in [-0.15, -0.1) is 0 Å². The molecule has 0 amide bonds. The zero-order valence-electron chi connectivity index (χ0n) is 7.94. The van der Waals surface area contributed by atoms with Crippen LogP contribution in [-0.2, 0) is 0 Å². The fourth-order valence-corrected chi connectivity index (χ4v) is 0.674. The van der Waals surface area contributed by atoms with Crippen molar-refractivity contribution >= 4 is 0 Å². The van der Waals surface area contributed by atoms with Crippen LogP contribution in [0.4, 0.5) is 0 Å². The zero-order valence-corrected chi connectivity index (χ0v) is 7.94. The van der Waals surface area contributed by atoms with Crippen LogP contribution in [0.2, 0.25) is 0 Å². The highest BCUT2D eigenvalue weighted by atomic mass is 15.1. The minimum absolute atomic E-state index is 1.04. The molecule has 0 heterocycles. The SMILES string of the molecule is CCN(C=C=C=C(C)C)CC. The molecule has 0 fully saturated rings. The lowest BCUT2D eigenvalue weighted by atomic mass is 10.4. The van der Waals surface area contributed by atoms with Crippen molar-refractivity contribution in [1.29, 1.82) is 0 Å². The van der Waals surface area contributed by atoms with Crippen molar-refractivity contribution < 1.29 is 0 Å². The number of rotatable bonds is 3. The van der Waals surface area contributed by atoms with Gasteiger partial charge in [-0.3, -0.25) is 0 Å². The minimum Gasteiger partial charge on any atom is -0.371 e. The molecule has 0 bridgehead atoms. The Hall–Kier alpha value is -0.900. The summed E-state index contributed by atoms with van der Waals surface area (Å²) < 4.78 is 0. The van der Waals surface area contributed by atoms with Gasteiger partial charge in [0.15, 0.2) is 0 Å². The summed E-state index contributed by atoms with van der Waals surface area (Å²) in [7, 11) is 0. The van der Waals surface area contributed by atoms with Crippen LogP contribution in [0.3, 0.4) is 0 Å². The summed E-state index contributed by atoms with van der Waals surface area (Å²) in [6.45, 7) is 10.4. The third-order valence-electron chi connectivity index (χ3n) is 1.38. The van der Waals surface area contributed by atoms with E-state index in [1.807, 2.05) is 20.0 Å². The van der Waals surface area contributed by atoms with Gasteiger partial charge >= 0.3 is 0 Å². The van der Waals surface area contributed by atoms with E-state index in [0.717, 1.165) is 18.7 Å². The Morgan fingerprint density at radius 1 is 1.27 bits per heavy atom. The van der Waals surface area contributed by atoms with E-state index in [1.54, 1.807) is 0 Å². The van der Waals surface area contributed by atoms with E-state index in [4.69, 9.17) is 0 Å². The number of hydrogen-bond donors (Lipinski definition) is 0. The minimum atomic E-state index is 1.04. The van der Waals surface area contributed by atoms with Gasteiger partial charge in [-0.05, 0) is 33.3 Å². The average molecular weight is 151 g/mol. The molecule has 0 aliphatic heterocycles. The molecule has 0 radical (unpaired) electrons. The van der Waals surface area contributed by atoms with Gasteiger partial charge in [0.2, 0.25) is 0 Å². The molecule has 0 aromatic heterocycles. The van der Waals surface area contributed by atoms with Crippen LogP contribution in [0.15, 0.2) is 23.2 Å². The van der Waals surface area contributed by atoms with Crippen LogP contribution in [0.25, 0.3) is 0 Å². The zero-order chi connectivity index (χ0) is 8.69. The first kappa shape index (κ1) is 10.1. The van der Waals surface area contributed by atoms with Gasteiger partial charge in [0, 0.05) is 13.1 Å². The van der Waals surface area contributed by atoms with Crippen LogP contribution in [0.5, 0.6) is 0 Å². The molecule has 0 aromatic carbocycles. The summed E-state index contributed by atoms with van der Waals surface area (Å²) in [5.74, 6) is 0. The Balaban J connectivity index is 4.20. The molecule has 0 rings (SSSR count). The van der Waals surface area contributed by atoms with Crippen LogP contribution in [0.1, 0.15) is 27.7 Å². The van der Waals surface area contributed by atoms with Gasteiger partial charge in [-0.2, -0.15) is 0 Å². The van der Waals surface area contributed by atoms with E-state index in [1.165, 1.54) is 0 Å². The summed E-state index contributed by atoms with van der Waals surface area (Å²) in [6.07, 6.45) is 1.95. The Labute approximate surface area is 69.7 Å². The van der Waals surface area contributed by atoms with Crippen LogP contribution in [0, 0.1) is 0 Å². The highest BCUT2D eigenvalue weighted by Gasteiger charge is 1.85. The molecule has 0 aromatic rings. The van der Waals surface area contributed by atoms with E-state index >= 15 is 0 Å². The van der Waals surface area contributed by atoms with E-state index in [0.29, 0.717) is 0 Å². The molecular formula is C10H17N. The largest absolute Gasteiger partial charge is 0.371 e. The molecule has 0 saturated carbocycles. The molecular weight excluding hydrogens is 134 g/mol. The third kappa shape index (κ3) is 5.54. The van der Waals surface area contributed by atoms with Crippen molar-refractivity contribution in [1.82, 2.24) is 4.90 Å². The lowest BCUT2D eigenvalue weighted by Crippen LogP contribution is -2.14. The van der Waals surface area contributed by atoms with Gasteiger partial charge in [0.25, 0.3) is 0 Å². The second kappa shape index (κ2) is 5.85. The average Bonchev–Trinajstić information content (AvgIpc) is 1.98. The Morgan fingerprint density at radius 2 is 1.82 bits per heavy atom. The maximum Gasteiger partial charge on any atom is 0.0508 e. The standard InChI is InChI=1S/C10H17N/c1-5-11(6-2)9-7-8-10(3)4/h9H,5-6H2,1-4H3. The maximum absolute atomic E-state index is 3.01. The molecule has 0 saturated heterocycles. The van der Waals surface area contributed by atoms with Crippen LogP contribution < -0.4 is 0 Å². The third-order valence-corrected chi connectivity index (χ3v) is 1.38. The number of hydrogen-bond acceptors (Lipinski definition) is 1. The van der Waals surface area contributed by atoms with Crippen LogP contribution >= 0.6 is 0 Å². The predicted octanol–water partition coefficient (Wildman–Crippen LogP) is 2.56. The normalized spacial score (nSPS) is 8.00. The van der Waals surface area contributed by atoms with Gasteiger partial charge in [0.1, 0.15) is 0 Å². The van der Waals surface area contributed by atoms with Crippen molar-refractivity contribution in [2.45, 2.75) is 27.7 Å². The van der Waals surface area contributed by atoms with Crippen molar-refractivity contribution in [2.24, 2.45) is 0 Å². The predicted molar refractivity (Wildman–Crippen MR) is 49.4 cm³/mol. The molecule has 0 unspecified atom stereocenters. The smallest absolute Gasteiger partial charge is 0.0508 e. The van der Waals surface area contributed by atoms with Crippen molar-refractivity contribution in [3.05, 3.63) is 23.2 Å². The number of allylic oxidation sites excluding steroid dienone is 1. The van der Waals surface area contributed by atoms with E-state index in [2.05, 4.69) is 30.2 Å². The second-order valence-electron chi connectivity index (χ2n) is 2.62. The molecule has 1 heteroatoms. The van der Waals surface area contributed by atoms with E-state index < -0.39 is 0 Å². The summed E-state index contributed by atoms with van der Waals surface area (Å²) in [4.78, 5) is 2.18. The summed E-state index contributed by atoms with van der Waals surface area (Å²) in [6, 6.07) is 0. The number of nitrogens with zero attached hydrogens (tertiary/aromatic N) is 1. The Bertz CT molecular complexity index is 183. The van der Waals surface area contributed by atoms with Gasteiger partial charge in [0.05, 0.1) is 6.20 Å². The van der Waals surface area contributed by atoms with Crippen molar-refractivity contribution in [2.75, 3.05) is 13.1 Å². The molecule has 0 spiro atoms. The fraction of sp³-hybridized carbons (Fsp3) is 0.600. The first-order valence-electron chi connectivity index (χ1n) is 4.09. The molecule has 11 heavy (non-hydrogen) atoms. The molecule has 0 aliphatic rings. The molecule has 0 aliphatic carbocycles. The molecule has 1 nitrogen and oxygen atoms in total. The van der Waals surface area contributed by atoms with Crippen molar-refractivity contribution in [3.63, 3.8) is 0 Å². The maximum atomic E-state index is 3.01. The molecule has 62 valence electrons.